The van der Waals surface area contributed by atoms with E-state index in [4.69, 9.17) is 0 Å². The summed E-state index contributed by atoms with van der Waals surface area (Å²) in [4.78, 5) is 32.4. The van der Waals surface area contributed by atoms with Crippen molar-refractivity contribution < 1.29 is 9.59 Å². The van der Waals surface area contributed by atoms with Crippen LogP contribution in [0.1, 0.15) is 41.9 Å². The molecule has 0 bridgehead atoms. The fourth-order valence-corrected chi connectivity index (χ4v) is 5.51. The molecule has 1 fully saturated rings. The highest BCUT2D eigenvalue weighted by atomic mass is 79.9. The number of amides is 2. The van der Waals surface area contributed by atoms with Gasteiger partial charge in [0.2, 0.25) is 5.91 Å². The van der Waals surface area contributed by atoms with Crippen LogP contribution in [0.3, 0.4) is 0 Å². The first-order chi connectivity index (χ1) is 16.7. The van der Waals surface area contributed by atoms with Crippen molar-refractivity contribution in [1.29, 1.82) is 0 Å². The molecule has 2 amide bonds. The number of halogens is 1. The van der Waals surface area contributed by atoms with E-state index in [0.29, 0.717) is 21.5 Å². The highest BCUT2D eigenvalue weighted by molar-refractivity contribution is 9.10. The topological polar surface area (TPSA) is 121 Å². The van der Waals surface area contributed by atoms with Gasteiger partial charge in [-0.1, -0.05) is 11.3 Å². The van der Waals surface area contributed by atoms with Gasteiger partial charge in [-0.05, 0) is 61.7 Å². The van der Waals surface area contributed by atoms with Gasteiger partial charge in [0.15, 0.2) is 10.9 Å². The number of hydrogen-bond acceptors (Lipinski definition) is 7. The Bertz CT molecular complexity index is 1420. The largest absolute Gasteiger partial charge is 0.336 e. The van der Waals surface area contributed by atoms with Gasteiger partial charge in [-0.15, -0.1) is 0 Å². The molecule has 5 rings (SSSR count). The third-order valence-corrected chi connectivity index (χ3v) is 7.78. The summed E-state index contributed by atoms with van der Waals surface area (Å²) in [5.74, 6) is 0.394. The molecule has 12 heteroatoms. The van der Waals surface area contributed by atoms with Crippen LogP contribution in [-0.2, 0) is 11.3 Å². The number of hydrogen-bond donors (Lipinski definition) is 3. The zero-order chi connectivity index (χ0) is 24.7. The van der Waals surface area contributed by atoms with Crippen LogP contribution < -0.4 is 10.6 Å². The number of aromatic amines is 1. The quantitative estimate of drug-likeness (QED) is 0.317. The van der Waals surface area contributed by atoms with E-state index in [1.54, 1.807) is 10.9 Å². The first kappa shape index (κ1) is 23.5. The van der Waals surface area contributed by atoms with Gasteiger partial charge in [-0.2, -0.15) is 10.2 Å². The number of nitrogens with one attached hydrogen (secondary N) is 3. The number of H-pyrrole nitrogens is 1. The van der Waals surface area contributed by atoms with E-state index < -0.39 is 0 Å². The van der Waals surface area contributed by atoms with Crippen LogP contribution >= 0.6 is 27.3 Å². The number of carbonyl (C=O) groups is 2. The van der Waals surface area contributed by atoms with E-state index in [-0.39, 0.29) is 23.9 Å². The summed E-state index contributed by atoms with van der Waals surface area (Å²) in [5.41, 5.74) is 2.24. The number of rotatable bonds is 6. The smallest absolute Gasteiger partial charge is 0.267 e. The molecule has 3 aromatic heterocycles. The van der Waals surface area contributed by atoms with Crippen molar-refractivity contribution in [2.75, 3.05) is 17.2 Å². The summed E-state index contributed by atoms with van der Waals surface area (Å²) in [6.45, 7) is 7.09. The fraction of sp³-hybridized carbons (Fsp3) is 0.348. The molecule has 182 valence electrons. The third kappa shape index (κ3) is 4.67. The maximum atomic E-state index is 12.9. The minimum atomic E-state index is -0.272. The highest BCUT2D eigenvalue weighted by Gasteiger charge is 2.35. The Morgan fingerprint density at radius 3 is 2.89 bits per heavy atom. The van der Waals surface area contributed by atoms with Crippen LogP contribution in [0.5, 0.6) is 0 Å². The monoisotopic (exact) mass is 556 g/mol. The molecule has 4 aromatic rings. The maximum Gasteiger partial charge on any atom is 0.267 e. The molecular weight excluding hydrogens is 532 g/mol. The van der Waals surface area contributed by atoms with Gasteiger partial charge in [0.1, 0.15) is 11.4 Å². The Morgan fingerprint density at radius 2 is 2.11 bits per heavy atom. The molecule has 4 heterocycles. The number of aryl methyl sites for hydroxylation is 1. The lowest BCUT2D eigenvalue weighted by Crippen LogP contribution is -2.44. The maximum absolute atomic E-state index is 12.9. The Morgan fingerprint density at radius 1 is 1.29 bits per heavy atom. The molecule has 0 unspecified atom stereocenters. The summed E-state index contributed by atoms with van der Waals surface area (Å²) < 4.78 is 2.41. The van der Waals surface area contributed by atoms with Crippen molar-refractivity contribution in [2.24, 2.45) is 0 Å². The summed E-state index contributed by atoms with van der Waals surface area (Å²) in [6.07, 6.45) is 7.07. The van der Waals surface area contributed by atoms with Crippen LogP contribution in [-0.4, -0.2) is 53.8 Å². The predicted octanol–water partition coefficient (Wildman–Crippen LogP) is 4.68. The molecule has 0 saturated carbocycles. The molecular formula is C23H25BrN8O2S. The Kier molecular flexibility index (Phi) is 6.09. The van der Waals surface area contributed by atoms with E-state index in [2.05, 4.69) is 60.7 Å². The Balaban J connectivity index is 1.26. The molecule has 3 N–H and O–H groups in total. The lowest BCUT2D eigenvalue weighted by atomic mass is 10.0. The zero-order valence-corrected chi connectivity index (χ0v) is 22.0. The normalized spacial score (nSPS) is 15.0. The number of likely N-dealkylation sites (tertiary alicyclic amines) is 1. The molecule has 35 heavy (non-hydrogen) atoms. The van der Waals surface area contributed by atoms with E-state index in [1.165, 1.54) is 17.5 Å². The molecule has 1 aromatic carbocycles. The molecule has 0 radical (unpaired) electrons. The SMILES string of the molecule is Cc1cn(CC(=O)N2CCCC2(C)C)nc1Nc1ncc(C(=O)Nc2c(Br)ccc3[nH]ncc23)s1. The van der Waals surface area contributed by atoms with E-state index in [0.717, 1.165) is 40.3 Å². The van der Waals surface area contributed by atoms with Crippen molar-refractivity contribution in [2.45, 2.75) is 45.7 Å². The molecule has 10 nitrogen and oxygen atoms in total. The lowest BCUT2D eigenvalue weighted by Gasteiger charge is -2.31. The average Bonchev–Trinajstić information content (AvgIpc) is 3.58. The number of fused-ring (bicyclic) bond motifs is 1. The number of aromatic nitrogens is 5. The van der Waals surface area contributed by atoms with Gasteiger partial charge < -0.3 is 15.5 Å². The molecule has 0 aliphatic carbocycles. The molecule has 1 saturated heterocycles. The average molecular weight is 557 g/mol. The number of nitrogens with zero attached hydrogens (tertiary/aromatic N) is 5. The van der Waals surface area contributed by atoms with Crippen molar-refractivity contribution in [1.82, 2.24) is 29.9 Å². The number of anilines is 3. The van der Waals surface area contributed by atoms with Crippen LogP contribution in [0.2, 0.25) is 0 Å². The minimum Gasteiger partial charge on any atom is -0.336 e. The van der Waals surface area contributed by atoms with Gasteiger partial charge >= 0.3 is 0 Å². The van der Waals surface area contributed by atoms with Gasteiger partial charge in [0, 0.05) is 33.7 Å². The van der Waals surface area contributed by atoms with Crippen LogP contribution in [0, 0.1) is 6.92 Å². The van der Waals surface area contributed by atoms with Crippen LogP contribution in [0.15, 0.2) is 35.2 Å². The Labute approximate surface area is 214 Å². The Hall–Kier alpha value is -3.25. The van der Waals surface area contributed by atoms with Gasteiger partial charge in [-0.3, -0.25) is 19.4 Å². The van der Waals surface area contributed by atoms with Crippen molar-refractivity contribution in [3.8, 4) is 0 Å². The lowest BCUT2D eigenvalue weighted by molar-refractivity contribution is -0.135. The molecule has 0 spiro atoms. The summed E-state index contributed by atoms with van der Waals surface area (Å²) in [7, 11) is 0. The first-order valence-electron chi connectivity index (χ1n) is 11.2. The number of carbonyl (C=O) groups excluding carboxylic acids is 2. The minimum absolute atomic E-state index is 0.0635. The third-order valence-electron chi connectivity index (χ3n) is 6.21. The number of thiazole rings is 1. The second kappa shape index (κ2) is 9.08. The standard InChI is InChI=1S/C23H25BrN8O2S/c1-13-11-31(12-18(33)32-8-4-7-23(32,2)3)30-20(13)28-22-25-10-17(35-22)21(34)27-19-14-9-26-29-16(14)6-5-15(19)24/h5-6,9-11H,4,7-8,12H2,1-3H3,(H,26,29)(H,27,34)(H,25,28,30). The molecule has 0 atom stereocenters. The number of benzene rings is 1. The van der Waals surface area contributed by atoms with Crippen molar-refractivity contribution >= 4 is 66.6 Å². The van der Waals surface area contributed by atoms with E-state index in [9.17, 15) is 9.59 Å². The molecule has 1 aliphatic heterocycles. The summed E-state index contributed by atoms with van der Waals surface area (Å²) in [6, 6.07) is 3.74. The molecule has 1 aliphatic rings. The van der Waals surface area contributed by atoms with E-state index >= 15 is 0 Å². The van der Waals surface area contributed by atoms with Gasteiger partial charge in [0.25, 0.3) is 5.91 Å². The summed E-state index contributed by atoms with van der Waals surface area (Å²) in [5, 5.41) is 18.9. The van der Waals surface area contributed by atoms with E-state index in [1.807, 2.05) is 30.2 Å². The van der Waals surface area contributed by atoms with Crippen LogP contribution in [0.25, 0.3) is 10.9 Å². The second-order valence-electron chi connectivity index (χ2n) is 9.18. The first-order valence-corrected chi connectivity index (χ1v) is 12.8. The van der Waals surface area contributed by atoms with Gasteiger partial charge in [0.05, 0.1) is 23.6 Å². The zero-order valence-electron chi connectivity index (χ0n) is 19.6. The van der Waals surface area contributed by atoms with Crippen LogP contribution in [0.4, 0.5) is 16.6 Å². The summed E-state index contributed by atoms with van der Waals surface area (Å²) >= 11 is 4.71. The van der Waals surface area contributed by atoms with Crippen molar-refractivity contribution in [3.63, 3.8) is 0 Å². The predicted molar refractivity (Wildman–Crippen MR) is 139 cm³/mol. The highest BCUT2D eigenvalue weighted by Crippen LogP contribution is 2.32. The second-order valence-corrected chi connectivity index (χ2v) is 11.1. The fourth-order valence-electron chi connectivity index (χ4n) is 4.35. The van der Waals surface area contributed by atoms with Crippen molar-refractivity contribution in [3.05, 3.63) is 45.6 Å². The van der Waals surface area contributed by atoms with Gasteiger partial charge in [-0.25, -0.2) is 4.98 Å².